The Labute approximate surface area is 85.9 Å². The molecule has 1 saturated carbocycles. The minimum Gasteiger partial charge on any atom is -0.384 e. The maximum Gasteiger partial charge on any atom is 0.155 e. The zero-order valence-corrected chi connectivity index (χ0v) is 9.64. The summed E-state index contributed by atoms with van der Waals surface area (Å²) in [4.78, 5) is 0. The van der Waals surface area contributed by atoms with Gasteiger partial charge in [-0.1, -0.05) is 0 Å². The highest BCUT2D eigenvalue weighted by Gasteiger charge is 2.32. The minimum absolute atomic E-state index is 0.157. The van der Waals surface area contributed by atoms with Crippen LogP contribution >= 0.6 is 0 Å². The van der Waals surface area contributed by atoms with Crippen molar-refractivity contribution in [2.45, 2.75) is 30.6 Å². The van der Waals surface area contributed by atoms with Crippen LogP contribution in [-0.2, 0) is 14.6 Å². The third kappa shape index (κ3) is 2.93. The maximum absolute atomic E-state index is 11.7. The number of sulfone groups is 1. The van der Waals surface area contributed by atoms with E-state index < -0.39 is 9.84 Å². The SMILES string of the molecule is CNC1CCC(S(=O)(=O)CCOC)C1. The Bertz CT molecular complexity index is 263. The number of hydrogen-bond donors (Lipinski definition) is 1. The van der Waals surface area contributed by atoms with Gasteiger partial charge in [-0.2, -0.15) is 0 Å². The summed E-state index contributed by atoms with van der Waals surface area (Å²) < 4.78 is 28.3. The maximum atomic E-state index is 11.7. The van der Waals surface area contributed by atoms with E-state index in [1.165, 1.54) is 7.11 Å². The molecule has 0 aromatic heterocycles. The molecule has 1 N–H and O–H groups in total. The predicted octanol–water partition coefficient (Wildman–Crippen LogP) is 0.188. The van der Waals surface area contributed by atoms with E-state index in [1.54, 1.807) is 0 Å². The van der Waals surface area contributed by atoms with Gasteiger partial charge in [-0.05, 0) is 26.3 Å². The lowest BCUT2D eigenvalue weighted by Crippen LogP contribution is -2.27. The molecule has 1 aliphatic rings. The van der Waals surface area contributed by atoms with Crippen molar-refractivity contribution in [2.24, 2.45) is 0 Å². The molecular weight excluding hydrogens is 202 g/mol. The molecule has 84 valence electrons. The van der Waals surface area contributed by atoms with Crippen LogP contribution in [0.5, 0.6) is 0 Å². The molecule has 1 fully saturated rings. The second-order valence-electron chi connectivity index (χ2n) is 3.78. The summed E-state index contributed by atoms with van der Waals surface area (Å²) in [5.41, 5.74) is 0. The van der Waals surface area contributed by atoms with E-state index in [9.17, 15) is 8.42 Å². The molecule has 2 unspecified atom stereocenters. The Morgan fingerprint density at radius 3 is 2.64 bits per heavy atom. The topological polar surface area (TPSA) is 55.4 Å². The van der Waals surface area contributed by atoms with Crippen molar-refractivity contribution < 1.29 is 13.2 Å². The largest absolute Gasteiger partial charge is 0.384 e. The van der Waals surface area contributed by atoms with E-state index in [2.05, 4.69) is 5.32 Å². The molecule has 5 heteroatoms. The summed E-state index contributed by atoms with van der Waals surface area (Å²) in [6, 6.07) is 0.373. The van der Waals surface area contributed by atoms with E-state index in [4.69, 9.17) is 4.74 Å². The van der Waals surface area contributed by atoms with Gasteiger partial charge in [-0.25, -0.2) is 8.42 Å². The number of rotatable bonds is 5. The normalized spacial score (nSPS) is 28.1. The number of nitrogens with one attached hydrogen (secondary N) is 1. The van der Waals surface area contributed by atoms with Crippen LogP contribution in [0.1, 0.15) is 19.3 Å². The monoisotopic (exact) mass is 221 g/mol. The zero-order valence-electron chi connectivity index (χ0n) is 8.82. The smallest absolute Gasteiger partial charge is 0.155 e. The van der Waals surface area contributed by atoms with E-state index in [0.29, 0.717) is 12.6 Å². The van der Waals surface area contributed by atoms with Crippen LogP contribution in [0.2, 0.25) is 0 Å². The molecule has 0 spiro atoms. The first-order valence-electron chi connectivity index (χ1n) is 4.98. The molecule has 0 aliphatic heterocycles. The fourth-order valence-corrected chi connectivity index (χ4v) is 3.65. The average Bonchev–Trinajstić information content (AvgIpc) is 2.63. The van der Waals surface area contributed by atoms with Gasteiger partial charge in [-0.15, -0.1) is 0 Å². The van der Waals surface area contributed by atoms with Crippen molar-refractivity contribution in [1.29, 1.82) is 0 Å². The average molecular weight is 221 g/mol. The highest BCUT2D eigenvalue weighted by molar-refractivity contribution is 7.92. The molecule has 0 bridgehead atoms. The highest BCUT2D eigenvalue weighted by Crippen LogP contribution is 2.25. The van der Waals surface area contributed by atoms with Crippen LogP contribution in [0.15, 0.2) is 0 Å². The third-order valence-corrected chi connectivity index (χ3v) is 5.05. The molecule has 0 radical (unpaired) electrons. The van der Waals surface area contributed by atoms with Crippen molar-refractivity contribution in [2.75, 3.05) is 26.5 Å². The molecule has 14 heavy (non-hydrogen) atoms. The van der Waals surface area contributed by atoms with Gasteiger partial charge in [0.2, 0.25) is 0 Å². The first kappa shape index (κ1) is 11.9. The molecule has 1 rings (SSSR count). The summed E-state index contributed by atoms with van der Waals surface area (Å²) >= 11 is 0. The lowest BCUT2D eigenvalue weighted by atomic mass is 10.3. The quantitative estimate of drug-likeness (QED) is 0.720. The fourth-order valence-electron chi connectivity index (χ4n) is 1.89. The Balaban J connectivity index is 2.49. The Morgan fingerprint density at radius 2 is 2.14 bits per heavy atom. The first-order chi connectivity index (χ1) is 6.60. The summed E-state index contributed by atoms with van der Waals surface area (Å²) in [5.74, 6) is 0.157. The standard InChI is InChI=1S/C9H19NO3S/c1-10-8-3-4-9(7-8)14(11,12)6-5-13-2/h8-10H,3-7H2,1-2H3. The molecule has 0 amide bonds. The van der Waals surface area contributed by atoms with Crippen LogP contribution < -0.4 is 5.32 Å². The van der Waals surface area contributed by atoms with Crippen LogP contribution in [0.25, 0.3) is 0 Å². The molecule has 0 heterocycles. The number of methoxy groups -OCH3 is 1. The fraction of sp³-hybridized carbons (Fsp3) is 1.00. The number of hydrogen-bond acceptors (Lipinski definition) is 4. The Morgan fingerprint density at radius 1 is 1.43 bits per heavy atom. The van der Waals surface area contributed by atoms with E-state index in [-0.39, 0.29) is 11.0 Å². The Hall–Kier alpha value is -0.130. The molecule has 0 aromatic carbocycles. The minimum atomic E-state index is -2.93. The van der Waals surface area contributed by atoms with Crippen LogP contribution in [0.3, 0.4) is 0 Å². The van der Waals surface area contributed by atoms with Crippen molar-refractivity contribution in [3.63, 3.8) is 0 Å². The molecule has 0 aromatic rings. The highest BCUT2D eigenvalue weighted by atomic mass is 32.2. The van der Waals surface area contributed by atoms with Gasteiger partial charge in [0.1, 0.15) is 0 Å². The van der Waals surface area contributed by atoms with Gasteiger partial charge in [0.05, 0.1) is 17.6 Å². The van der Waals surface area contributed by atoms with Gasteiger partial charge in [0.25, 0.3) is 0 Å². The van der Waals surface area contributed by atoms with Crippen LogP contribution in [0.4, 0.5) is 0 Å². The molecule has 1 aliphatic carbocycles. The van der Waals surface area contributed by atoms with Crippen molar-refractivity contribution in [3.8, 4) is 0 Å². The van der Waals surface area contributed by atoms with Crippen LogP contribution in [0, 0.1) is 0 Å². The van der Waals surface area contributed by atoms with E-state index in [0.717, 1.165) is 19.3 Å². The second-order valence-corrected chi connectivity index (χ2v) is 6.18. The molecule has 2 atom stereocenters. The summed E-state index contributed by atoms with van der Waals surface area (Å²) in [6.45, 7) is 0.309. The second kappa shape index (κ2) is 5.09. The van der Waals surface area contributed by atoms with Gasteiger partial charge < -0.3 is 10.1 Å². The van der Waals surface area contributed by atoms with Gasteiger partial charge in [0, 0.05) is 13.2 Å². The van der Waals surface area contributed by atoms with Crippen molar-refractivity contribution in [1.82, 2.24) is 5.32 Å². The lowest BCUT2D eigenvalue weighted by molar-refractivity contribution is 0.217. The van der Waals surface area contributed by atoms with E-state index in [1.807, 2.05) is 7.05 Å². The number of ether oxygens (including phenoxy) is 1. The Kier molecular flexibility index (Phi) is 4.34. The van der Waals surface area contributed by atoms with Gasteiger partial charge >= 0.3 is 0 Å². The van der Waals surface area contributed by atoms with E-state index >= 15 is 0 Å². The zero-order chi connectivity index (χ0) is 10.6. The molecule has 0 saturated heterocycles. The summed E-state index contributed by atoms with van der Waals surface area (Å²) in [6.07, 6.45) is 2.51. The van der Waals surface area contributed by atoms with Crippen molar-refractivity contribution >= 4 is 9.84 Å². The van der Waals surface area contributed by atoms with Crippen LogP contribution in [-0.4, -0.2) is 46.2 Å². The summed E-state index contributed by atoms with van der Waals surface area (Å²) in [5, 5.41) is 2.97. The molecular formula is C9H19NO3S. The van der Waals surface area contributed by atoms with Gasteiger partial charge in [0.15, 0.2) is 9.84 Å². The first-order valence-corrected chi connectivity index (χ1v) is 6.69. The third-order valence-electron chi connectivity index (χ3n) is 2.87. The summed E-state index contributed by atoms with van der Waals surface area (Å²) in [7, 11) is 0.482. The lowest BCUT2D eigenvalue weighted by Gasteiger charge is -2.11. The predicted molar refractivity (Wildman–Crippen MR) is 56.1 cm³/mol. The van der Waals surface area contributed by atoms with Crippen molar-refractivity contribution in [3.05, 3.63) is 0 Å². The molecule has 4 nitrogen and oxygen atoms in total. The van der Waals surface area contributed by atoms with Gasteiger partial charge in [-0.3, -0.25) is 0 Å².